The molecule has 0 bridgehead atoms. The van der Waals surface area contributed by atoms with Gasteiger partial charge in [-0.3, -0.25) is 4.79 Å². The standard InChI is InChI=1S/C24H28N2OS/c27-22(13-12-18-9-6-16-28-18)26-15-14-20-19-10-4-5-11-21(19)25-23(20)24(26)17-7-2-1-3-8-17/h4-6,9-11,16-17,24-25H,1-3,7-8,12-15H2/t24-/m1/s1. The van der Waals surface area contributed by atoms with Crippen LogP contribution in [0.5, 0.6) is 0 Å². The number of nitrogens with one attached hydrogen (secondary N) is 1. The van der Waals surface area contributed by atoms with E-state index in [1.165, 1.54) is 59.1 Å². The molecule has 0 spiro atoms. The highest BCUT2D eigenvalue weighted by atomic mass is 32.1. The average molecular weight is 393 g/mol. The average Bonchev–Trinajstić information content (AvgIpc) is 3.39. The Kier molecular flexibility index (Phi) is 4.98. The molecule has 2 aromatic heterocycles. The van der Waals surface area contributed by atoms with Gasteiger partial charge in [-0.25, -0.2) is 0 Å². The third-order valence-electron chi connectivity index (χ3n) is 6.66. The van der Waals surface area contributed by atoms with Gasteiger partial charge in [-0.15, -0.1) is 11.3 Å². The maximum atomic E-state index is 13.3. The number of carbonyl (C=O) groups is 1. The van der Waals surface area contributed by atoms with Gasteiger partial charge in [-0.05, 0) is 54.7 Å². The molecule has 1 fully saturated rings. The Hall–Kier alpha value is -2.07. The minimum atomic E-state index is 0.229. The highest BCUT2D eigenvalue weighted by Gasteiger charge is 2.38. The molecular formula is C24H28N2OS. The van der Waals surface area contributed by atoms with E-state index in [0.29, 0.717) is 18.2 Å². The van der Waals surface area contributed by atoms with Gasteiger partial charge in [0, 0.05) is 34.4 Å². The number of amides is 1. The Bertz CT molecular complexity index is 952. The number of para-hydroxylation sites is 1. The summed E-state index contributed by atoms with van der Waals surface area (Å²) in [6.07, 6.45) is 8.88. The number of aromatic amines is 1. The molecule has 0 unspecified atom stereocenters. The van der Waals surface area contributed by atoms with Gasteiger partial charge in [-0.2, -0.15) is 0 Å². The van der Waals surface area contributed by atoms with Crippen molar-refractivity contribution in [3.8, 4) is 0 Å². The molecular weight excluding hydrogens is 364 g/mol. The molecule has 2 aliphatic rings. The van der Waals surface area contributed by atoms with Crippen molar-refractivity contribution in [2.75, 3.05) is 6.54 Å². The van der Waals surface area contributed by atoms with E-state index in [1.807, 2.05) is 0 Å². The first-order valence-corrected chi connectivity index (χ1v) is 11.6. The van der Waals surface area contributed by atoms with Crippen LogP contribution < -0.4 is 0 Å². The quantitative estimate of drug-likeness (QED) is 0.592. The van der Waals surface area contributed by atoms with Crippen molar-refractivity contribution in [2.45, 2.75) is 57.4 Å². The lowest BCUT2D eigenvalue weighted by atomic mass is 9.79. The summed E-state index contributed by atoms with van der Waals surface area (Å²) in [5.74, 6) is 0.917. The number of hydrogen-bond donors (Lipinski definition) is 1. The van der Waals surface area contributed by atoms with Crippen molar-refractivity contribution in [1.29, 1.82) is 0 Å². The third kappa shape index (κ3) is 3.28. The molecule has 5 rings (SSSR count). The van der Waals surface area contributed by atoms with Crippen LogP contribution in [-0.2, 0) is 17.6 Å². The fraction of sp³-hybridized carbons (Fsp3) is 0.458. The molecule has 4 heteroatoms. The van der Waals surface area contributed by atoms with Crippen molar-refractivity contribution in [2.24, 2.45) is 5.92 Å². The summed E-state index contributed by atoms with van der Waals surface area (Å²) in [5, 5.41) is 3.45. The summed E-state index contributed by atoms with van der Waals surface area (Å²) in [6, 6.07) is 13.1. The number of benzene rings is 1. The van der Waals surface area contributed by atoms with Crippen LogP contribution in [0.15, 0.2) is 41.8 Å². The van der Waals surface area contributed by atoms with Crippen LogP contribution in [0.3, 0.4) is 0 Å². The molecule has 1 N–H and O–H groups in total. The van der Waals surface area contributed by atoms with Crippen molar-refractivity contribution in [1.82, 2.24) is 9.88 Å². The molecule has 3 heterocycles. The largest absolute Gasteiger partial charge is 0.356 e. The van der Waals surface area contributed by atoms with E-state index in [2.05, 4.69) is 51.7 Å². The normalized spacial score (nSPS) is 20.4. The van der Waals surface area contributed by atoms with Crippen molar-refractivity contribution in [3.05, 3.63) is 57.9 Å². The highest BCUT2D eigenvalue weighted by molar-refractivity contribution is 7.09. The van der Waals surface area contributed by atoms with E-state index in [-0.39, 0.29) is 6.04 Å². The summed E-state index contributed by atoms with van der Waals surface area (Å²) in [6.45, 7) is 0.860. The summed E-state index contributed by atoms with van der Waals surface area (Å²) < 4.78 is 0. The first-order valence-electron chi connectivity index (χ1n) is 10.7. The molecule has 3 aromatic rings. The minimum Gasteiger partial charge on any atom is -0.356 e. The Labute approximate surface area is 170 Å². The van der Waals surface area contributed by atoms with Gasteiger partial charge in [0.1, 0.15) is 0 Å². The second-order valence-corrected chi connectivity index (χ2v) is 9.35. The van der Waals surface area contributed by atoms with Crippen LogP contribution in [-0.4, -0.2) is 22.3 Å². The molecule has 0 saturated heterocycles. The van der Waals surface area contributed by atoms with E-state index < -0.39 is 0 Å². The smallest absolute Gasteiger partial charge is 0.223 e. The summed E-state index contributed by atoms with van der Waals surface area (Å²) >= 11 is 1.76. The summed E-state index contributed by atoms with van der Waals surface area (Å²) in [4.78, 5) is 20.5. The van der Waals surface area contributed by atoms with Crippen LogP contribution in [0.2, 0.25) is 0 Å². The third-order valence-corrected chi connectivity index (χ3v) is 7.60. The lowest BCUT2D eigenvalue weighted by Crippen LogP contribution is -2.43. The second-order valence-electron chi connectivity index (χ2n) is 8.32. The van der Waals surface area contributed by atoms with Gasteiger partial charge in [-0.1, -0.05) is 43.5 Å². The van der Waals surface area contributed by atoms with E-state index in [9.17, 15) is 4.79 Å². The van der Waals surface area contributed by atoms with E-state index in [4.69, 9.17) is 0 Å². The number of carbonyl (C=O) groups excluding carboxylic acids is 1. The second kappa shape index (κ2) is 7.75. The van der Waals surface area contributed by atoms with Gasteiger partial charge in [0.25, 0.3) is 0 Å². The highest BCUT2D eigenvalue weighted by Crippen LogP contribution is 2.43. The van der Waals surface area contributed by atoms with E-state index >= 15 is 0 Å². The molecule has 1 amide bonds. The number of H-pyrrole nitrogens is 1. The number of rotatable bonds is 4. The van der Waals surface area contributed by atoms with Crippen LogP contribution in [0.4, 0.5) is 0 Å². The van der Waals surface area contributed by atoms with Crippen LogP contribution >= 0.6 is 11.3 Å². The first-order chi connectivity index (χ1) is 13.8. The van der Waals surface area contributed by atoms with E-state index in [1.54, 1.807) is 11.3 Å². The van der Waals surface area contributed by atoms with Gasteiger partial charge in [0.05, 0.1) is 6.04 Å². The molecule has 1 aliphatic carbocycles. The Morgan fingerprint density at radius 3 is 2.79 bits per heavy atom. The monoisotopic (exact) mass is 392 g/mol. The molecule has 3 nitrogen and oxygen atoms in total. The molecule has 146 valence electrons. The number of hydrogen-bond acceptors (Lipinski definition) is 2. The number of aryl methyl sites for hydroxylation is 1. The van der Waals surface area contributed by atoms with Crippen molar-refractivity contribution in [3.63, 3.8) is 0 Å². The fourth-order valence-corrected chi connectivity index (χ4v) is 6.03. The number of fused-ring (bicyclic) bond motifs is 3. The molecule has 1 aromatic carbocycles. The lowest BCUT2D eigenvalue weighted by Gasteiger charge is -2.42. The zero-order chi connectivity index (χ0) is 18.9. The minimum absolute atomic E-state index is 0.229. The van der Waals surface area contributed by atoms with Crippen LogP contribution in [0, 0.1) is 5.92 Å². The van der Waals surface area contributed by atoms with Crippen molar-refractivity contribution < 1.29 is 4.79 Å². The summed E-state index contributed by atoms with van der Waals surface area (Å²) in [7, 11) is 0. The molecule has 1 atom stereocenters. The Balaban J connectivity index is 1.46. The maximum absolute atomic E-state index is 13.3. The topological polar surface area (TPSA) is 36.1 Å². The fourth-order valence-electron chi connectivity index (χ4n) is 5.32. The summed E-state index contributed by atoms with van der Waals surface area (Å²) in [5.41, 5.74) is 4.00. The number of aromatic nitrogens is 1. The Morgan fingerprint density at radius 1 is 1.11 bits per heavy atom. The zero-order valence-electron chi connectivity index (χ0n) is 16.3. The first kappa shape index (κ1) is 18.0. The van der Waals surface area contributed by atoms with Crippen LogP contribution in [0.1, 0.15) is 60.7 Å². The molecule has 28 heavy (non-hydrogen) atoms. The molecule has 1 saturated carbocycles. The van der Waals surface area contributed by atoms with Gasteiger partial charge >= 0.3 is 0 Å². The Morgan fingerprint density at radius 2 is 1.96 bits per heavy atom. The maximum Gasteiger partial charge on any atom is 0.223 e. The number of nitrogens with zero attached hydrogens (tertiary/aromatic N) is 1. The van der Waals surface area contributed by atoms with Crippen molar-refractivity contribution >= 4 is 28.1 Å². The van der Waals surface area contributed by atoms with Crippen LogP contribution in [0.25, 0.3) is 10.9 Å². The molecule has 0 radical (unpaired) electrons. The predicted octanol–water partition coefficient (Wildman–Crippen LogP) is 5.87. The SMILES string of the molecule is O=C(CCc1cccs1)N1CCc2c([nH]c3ccccc23)[C@H]1C1CCCCC1. The van der Waals surface area contributed by atoms with Gasteiger partial charge in [0.15, 0.2) is 0 Å². The van der Waals surface area contributed by atoms with Gasteiger partial charge in [0.2, 0.25) is 5.91 Å². The predicted molar refractivity (Wildman–Crippen MR) is 116 cm³/mol. The zero-order valence-corrected chi connectivity index (χ0v) is 17.1. The lowest BCUT2D eigenvalue weighted by molar-refractivity contribution is -0.135. The molecule has 1 aliphatic heterocycles. The van der Waals surface area contributed by atoms with Gasteiger partial charge < -0.3 is 9.88 Å². The number of thiophene rings is 1. The van der Waals surface area contributed by atoms with E-state index in [0.717, 1.165) is 19.4 Å².